The third-order valence-electron chi connectivity index (χ3n) is 4.02. The van der Waals surface area contributed by atoms with Gasteiger partial charge in [0.1, 0.15) is 5.52 Å². The number of nitrogens with zero attached hydrogens (tertiary/aromatic N) is 3. The molecule has 0 saturated carbocycles. The molecule has 2 aromatic heterocycles. The molecular weight excluding hydrogens is 250 g/mol. The summed E-state index contributed by atoms with van der Waals surface area (Å²) in [7, 11) is 0. The van der Waals surface area contributed by atoms with E-state index in [2.05, 4.69) is 49.2 Å². The van der Waals surface area contributed by atoms with Crippen LogP contribution in [-0.2, 0) is 0 Å². The Morgan fingerprint density at radius 2 is 2.05 bits per heavy atom. The highest BCUT2D eigenvalue weighted by Crippen LogP contribution is 2.21. The molecule has 0 unspecified atom stereocenters. The largest absolute Gasteiger partial charge is 0.366 e. The van der Waals surface area contributed by atoms with E-state index in [1.54, 1.807) is 6.20 Å². The second kappa shape index (κ2) is 5.79. The SMILES string of the molecule is CCC(N)(CC)CNc1nccn2nc(C(C)C)cc12. The average Bonchev–Trinajstić information content (AvgIpc) is 2.89. The Labute approximate surface area is 120 Å². The number of nitrogens with one attached hydrogen (secondary N) is 1. The van der Waals surface area contributed by atoms with Gasteiger partial charge in [0.05, 0.1) is 5.69 Å². The molecule has 0 aliphatic carbocycles. The van der Waals surface area contributed by atoms with Crippen molar-refractivity contribution < 1.29 is 0 Å². The van der Waals surface area contributed by atoms with Crippen molar-refractivity contribution in [3.63, 3.8) is 0 Å². The van der Waals surface area contributed by atoms with Gasteiger partial charge in [-0.05, 0) is 24.8 Å². The van der Waals surface area contributed by atoms with Crippen molar-refractivity contribution in [3.05, 3.63) is 24.2 Å². The zero-order chi connectivity index (χ0) is 14.8. The van der Waals surface area contributed by atoms with E-state index in [9.17, 15) is 0 Å². The van der Waals surface area contributed by atoms with Crippen LogP contribution >= 0.6 is 0 Å². The van der Waals surface area contributed by atoms with Crippen molar-refractivity contribution in [1.82, 2.24) is 14.6 Å². The first-order valence-electron chi connectivity index (χ1n) is 7.36. The number of fused-ring (bicyclic) bond motifs is 1. The maximum absolute atomic E-state index is 6.33. The van der Waals surface area contributed by atoms with Crippen LogP contribution < -0.4 is 11.1 Å². The number of rotatable bonds is 6. The number of hydrogen-bond donors (Lipinski definition) is 2. The van der Waals surface area contributed by atoms with Gasteiger partial charge in [0.25, 0.3) is 0 Å². The fourth-order valence-electron chi connectivity index (χ4n) is 2.12. The predicted octanol–water partition coefficient (Wildman–Crippen LogP) is 2.78. The van der Waals surface area contributed by atoms with E-state index in [1.807, 2.05) is 10.7 Å². The summed E-state index contributed by atoms with van der Waals surface area (Å²) in [5.74, 6) is 1.26. The summed E-state index contributed by atoms with van der Waals surface area (Å²) >= 11 is 0. The molecule has 0 fully saturated rings. The van der Waals surface area contributed by atoms with Gasteiger partial charge in [0.15, 0.2) is 5.82 Å². The molecule has 0 bridgehead atoms. The van der Waals surface area contributed by atoms with Crippen LogP contribution in [0.1, 0.15) is 52.1 Å². The molecule has 0 aliphatic rings. The van der Waals surface area contributed by atoms with Gasteiger partial charge in [-0.3, -0.25) is 0 Å². The second-order valence-corrected chi connectivity index (χ2v) is 5.75. The Morgan fingerprint density at radius 3 is 2.65 bits per heavy atom. The lowest BCUT2D eigenvalue weighted by Gasteiger charge is -2.27. The van der Waals surface area contributed by atoms with E-state index >= 15 is 0 Å². The lowest BCUT2D eigenvalue weighted by Crippen LogP contribution is -2.45. The van der Waals surface area contributed by atoms with Crippen LogP contribution in [0.2, 0.25) is 0 Å². The molecule has 0 amide bonds. The van der Waals surface area contributed by atoms with Gasteiger partial charge in [0.2, 0.25) is 0 Å². The molecule has 0 aromatic carbocycles. The first-order chi connectivity index (χ1) is 9.49. The maximum atomic E-state index is 6.33. The second-order valence-electron chi connectivity index (χ2n) is 5.75. The zero-order valence-electron chi connectivity index (χ0n) is 12.8. The molecule has 2 heterocycles. The van der Waals surface area contributed by atoms with Crippen LogP contribution in [0.5, 0.6) is 0 Å². The van der Waals surface area contributed by atoms with Crippen LogP contribution in [-0.4, -0.2) is 26.7 Å². The Balaban J connectivity index is 2.26. The summed E-state index contributed by atoms with van der Waals surface area (Å²) < 4.78 is 1.88. The van der Waals surface area contributed by atoms with Gasteiger partial charge >= 0.3 is 0 Å². The number of aromatic nitrogens is 3. The van der Waals surface area contributed by atoms with Crippen molar-refractivity contribution in [2.75, 3.05) is 11.9 Å². The monoisotopic (exact) mass is 275 g/mol. The van der Waals surface area contributed by atoms with E-state index in [4.69, 9.17) is 5.73 Å². The summed E-state index contributed by atoms with van der Waals surface area (Å²) in [5, 5.41) is 7.95. The highest BCUT2D eigenvalue weighted by Gasteiger charge is 2.20. The molecular formula is C15H25N5. The van der Waals surface area contributed by atoms with Gasteiger partial charge in [-0.15, -0.1) is 0 Å². The van der Waals surface area contributed by atoms with E-state index in [1.165, 1.54) is 0 Å². The van der Waals surface area contributed by atoms with E-state index in [0.29, 0.717) is 5.92 Å². The molecule has 110 valence electrons. The Morgan fingerprint density at radius 1 is 1.35 bits per heavy atom. The highest BCUT2D eigenvalue weighted by molar-refractivity contribution is 5.68. The molecule has 5 nitrogen and oxygen atoms in total. The summed E-state index contributed by atoms with van der Waals surface area (Å²) in [6, 6.07) is 2.09. The summed E-state index contributed by atoms with van der Waals surface area (Å²) in [5.41, 5.74) is 8.22. The van der Waals surface area contributed by atoms with Gasteiger partial charge in [0, 0.05) is 24.5 Å². The Hall–Kier alpha value is -1.62. The molecule has 0 spiro atoms. The van der Waals surface area contributed by atoms with E-state index < -0.39 is 0 Å². The van der Waals surface area contributed by atoms with E-state index in [0.717, 1.165) is 36.4 Å². The van der Waals surface area contributed by atoms with Crippen LogP contribution in [0.25, 0.3) is 5.52 Å². The summed E-state index contributed by atoms with van der Waals surface area (Å²) in [6.45, 7) is 9.24. The predicted molar refractivity (Wildman–Crippen MR) is 83.1 cm³/mol. The lowest BCUT2D eigenvalue weighted by atomic mass is 9.94. The standard InChI is InChI=1S/C15H25N5/c1-5-15(16,6-2)10-18-14-13-9-12(11(3)4)19-20(13)8-7-17-14/h7-9,11H,5-6,10,16H2,1-4H3,(H,17,18). The molecule has 0 aliphatic heterocycles. The van der Waals surface area contributed by atoms with Crippen LogP contribution in [0.4, 0.5) is 5.82 Å². The van der Waals surface area contributed by atoms with Gasteiger partial charge < -0.3 is 11.1 Å². The third kappa shape index (κ3) is 2.93. The number of anilines is 1. The average molecular weight is 275 g/mol. The first-order valence-corrected chi connectivity index (χ1v) is 7.36. The highest BCUT2D eigenvalue weighted by atomic mass is 15.2. The minimum Gasteiger partial charge on any atom is -0.366 e. The minimum atomic E-state index is -0.185. The first kappa shape index (κ1) is 14.8. The normalized spacial score (nSPS) is 12.3. The number of hydrogen-bond acceptors (Lipinski definition) is 4. The number of nitrogens with two attached hydrogens (primary N) is 1. The van der Waals surface area contributed by atoms with Crippen LogP contribution in [0, 0.1) is 0 Å². The Bertz CT molecular complexity index is 569. The van der Waals surface area contributed by atoms with E-state index in [-0.39, 0.29) is 5.54 Å². The fourth-order valence-corrected chi connectivity index (χ4v) is 2.12. The zero-order valence-corrected chi connectivity index (χ0v) is 12.8. The van der Waals surface area contributed by atoms with Crippen LogP contribution in [0.15, 0.2) is 18.5 Å². The lowest BCUT2D eigenvalue weighted by molar-refractivity contribution is 0.418. The van der Waals surface area contributed by atoms with Crippen molar-refractivity contribution in [2.45, 2.75) is 52.0 Å². The maximum Gasteiger partial charge on any atom is 0.152 e. The fraction of sp³-hybridized carbons (Fsp3) is 0.600. The molecule has 2 aromatic rings. The summed E-state index contributed by atoms with van der Waals surface area (Å²) in [4.78, 5) is 4.42. The molecule has 3 N–H and O–H groups in total. The molecule has 0 radical (unpaired) electrons. The molecule has 5 heteroatoms. The molecule has 0 atom stereocenters. The quantitative estimate of drug-likeness (QED) is 0.850. The van der Waals surface area contributed by atoms with Crippen molar-refractivity contribution in [1.29, 1.82) is 0 Å². The van der Waals surface area contributed by atoms with Crippen molar-refractivity contribution in [2.24, 2.45) is 5.73 Å². The van der Waals surface area contributed by atoms with Gasteiger partial charge in [-0.1, -0.05) is 27.7 Å². The summed E-state index contributed by atoms with van der Waals surface area (Å²) in [6.07, 6.45) is 5.52. The third-order valence-corrected chi connectivity index (χ3v) is 4.02. The molecule has 2 rings (SSSR count). The minimum absolute atomic E-state index is 0.185. The van der Waals surface area contributed by atoms with Crippen molar-refractivity contribution in [3.8, 4) is 0 Å². The van der Waals surface area contributed by atoms with Gasteiger partial charge in [-0.2, -0.15) is 5.10 Å². The van der Waals surface area contributed by atoms with Crippen LogP contribution in [0.3, 0.4) is 0 Å². The van der Waals surface area contributed by atoms with Crippen molar-refractivity contribution >= 4 is 11.3 Å². The molecule has 20 heavy (non-hydrogen) atoms. The molecule has 0 saturated heterocycles. The Kier molecular flexibility index (Phi) is 4.28. The van der Waals surface area contributed by atoms with Gasteiger partial charge in [-0.25, -0.2) is 9.50 Å². The smallest absolute Gasteiger partial charge is 0.152 e. The topological polar surface area (TPSA) is 68.2 Å².